The monoisotopic (exact) mass is 302 g/mol. The van der Waals surface area contributed by atoms with Crippen molar-refractivity contribution in [1.29, 1.82) is 0 Å². The molecule has 1 unspecified atom stereocenters. The third kappa shape index (κ3) is 3.42. The number of fused-ring (bicyclic) bond motifs is 1. The van der Waals surface area contributed by atoms with Crippen LogP contribution in [0.2, 0.25) is 0 Å². The second kappa shape index (κ2) is 6.83. The van der Waals surface area contributed by atoms with E-state index in [-0.39, 0.29) is 30.6 Å². The summed E-state index contributed by atoms with van der Waals surface area (Å²) in [6.45, 7) is 0.810. The fraction of sp³-hybridized carbons (Fsp3) is 0.471. The van der Waals surface area contributed by atoms with E-state index in [1.54, 1.807) is 0 Å². The molecule has 0 fully saturated rings. The van der Waals surface area contributed by atoms with E-state index in [9.17, 15) is 4.79 Å². The zero-order valence-corrected chi connectivity index (χ0v) is 12.5. The van der Waals surface area contributed by atoms with E-state index in [2.05, 4.69) is 10.6 Å². The number of nitrogens with one attached hydrogen (secondary N) is 2. The second-order valence-electron chi connectivity index (χ2n) is 5.87. The molecule has 1 heterocycles. The third-order valence-electron chi connectivity index (χ3n) is 4.22. The lowest BCUT2D eigenvalue weighted by atomic mass is 10.0. The van der Waals surface area contributed by atoms with Crippen molar-refractivity contribution in [2.45, 2.75) is 31.3 Å². The van der Waals surface area contributed by atoms with Crippen molar-refractivity contribution in [1.82, 2.24) is 10.6 Å². The minimum atomic E-state index is -0.171. The van der Waals surface area contributed by atoms with Gasteiger partial charge in [0.05, 0.1) is 12.6 Å². The number of aliphatic hydroxyl groups is 1. The van der Waals surface area contributed by atoms with Crippen LogP contribution >= 0.6 is 0 Å². The standard InChI is InChI=1S/C17H22N2O3/c20-11-12-7-8-13(10-12)18-17(21)19-15-5-3-9-22-16-6-2-1-4-14(15)16/h1-2,4,6-8,12-13,15,20H,3,5,9-11H2,(H2,18,19,21)/t12-,13+,15?/m0/s1. The van der Waals surface area contributed by atoms with Gasteiger partial charge < -0.3 is 20.5 Å². The molecule has 22 heavy (non-hydrogen) atoms. The topological polar surface area (TPSA) is 70.6 Å². The molecular weight excluding hydrogens is 280 g/mol. The van der Waals surface area contributed by atoms with Crippen molar-refractivity contribution in [2.24, 2.45) is 5.92 Å². The van der Waals surface area contributed by atoms with E-state index in [0.717, 1.165) is 30.6 Å². The largest absolute Gasteiger partial charge is 0.493 e. The van der Waals surface area contributed by atoms with Gasteiger partial charge in [0.1, 0.15) is 5.75 Å². The SMILES string of the molecule is O=C(NC1CCCOc2ccccc21)N[C@@H]1C=C[C@H](CO)C1. The molecule has 0 saturated heterocycles. The molecule has 1 aliphatic heterocycles. The molecule has 0 bridgehead atoms. The van der Waals surface area contributed by atoms with E-state index in [0.29, 0.717) is 6.61 Å². The summed E-state index contributed by atoms with van der Waals surface area (Å²) in [6, 6.07) is 7.65. The Labute approximate surface area is 130 Å². The van der Waals surface area contributed by atoms with Crippen molar-refractivity contribution in [3.63, 3.8) is 0 Å². The van der Waals surface area contributed by atoms with E-state index in [1.165, 1.54) is 0 Å². The van der Waals surface area contributed by atoms with Crippen LogP contribution in [0.3, 0.4) is 0 Å². The number of carbonyl (C=O) groups is 1. The maximum absolute atomic E-state index is 12.2. The number of aliphatic hydroxyl groups excluding tert-OH is 1. The van der Waals surface area contributed by atoms with Crippen LogP contribution < -0.4 is 15.4 Å². The highest BCUT2D eigenvalue weighted by molar-refractivity contribution is 5.75. The number of para-hydroxylation sites is 1. The summed E-state index contributed by atoms with van der Waals surface area (Å²) in [5.74, 6) is 1.00. The Morgan fingerprint density at radius 3 is 2.95 bits per heavy atom. The van der Waals surface area contributed by atoms with Gasteiger partial charge in [0.25, 0.3) is 0 Å². The van der Waals surface area contributed by atoms with Crippen LogP contribution in [0, 0.1) is 5.92 Å². The quantitative estimate of drug-likeness (QED) is 0.749. The van der Waals surface area contributed by atoms with Gasteiger partial charge in [-0.2, -0.15) is 0 Å². The highest BCUT2D eigenvalue weighted by Gasteiger charge is 2.23. The lowest BCUT2D eigenvalue weighted by Gasteiger charge is -2.20. The molecule has 1 aromatic carbocycles. The molecule has 0 saturated carbocycles. The summed E-state index contributed by atoms with van der Waals surface area (Å²) in [5.41, 5.74) is 1.03. The van der Waals surface area contributed by atoms with Crippen molar-refractivity contribution in [3.8, 4) is 5.75 Å². The molecule has 2 amide bonds. The Hall–Kier alpha value is -2.01. The predicted molar refractivity (Wildman–Crippen MR) is 83.7 cm³/mol. The summed E-state index contributed by atoms with van der Waals surface area (Å²) in [6.07, 6.45) is 6.44. The number of carbonyl (C=O) groups excluding carboxylic acids is 1. The fourth-order valence-corrected chi connectivity index (χ4v) is 3.06. The first-order valence-electron chi connectivity index (χ1n) is 7.84. The number of amides is 2. The summed E-state index contributed by atoms with van der Waals surface area (Å²) in [7, 11) is 0. The van der Waals surface area contributed by atoms with Crippen molar-refractivity contribution in [2.75, 3.05) is 13.2 Å². The smallest absolute Gasteiger partial charge is 0.315 e. The average Bonchev–Trinajstić information content (AvgIpc) is 2.88. The maximum Gasteiger partial charge on any atom is 0.315 e. The van der Waals surface area contributed by atoms with Gasteiger partial charge in [-0.05, 0) is 25.3 Å². The van der Waals surface area contributed by atoms with Crippen LogP contribution in [0.4, 0.5) is 4.79 Å². The number of hydrogen-bond acceptors (Lipinski definition) is 3. The van der Waals surface area contributed by atoms with Crippen LogP contribution in [0.15, 0.2) is 36.4 Å². The third-order valence-corrected chi connectivity index (χ3v) is 4.22. The van der Waals surface area contributed by atoms with Crippen LogP contribution in [-0.4, -0.2) is 30.4 Å². The van der Waals surface area contributed by atoms with Crippen molar-refractivity contribution >= 4 is 6.03 Å². The molecule has 2 aliphatic rings. The van der Waals surface area contributed by atoms with Gasteiger partial charge in [0.2, 0.25) is 0 Å². The summed E-state index contributed by atoms with van der Waals surface area (Å²) >= 11 is 0. The maximum atomic E-state index is 12.2. The van der Waals surface area contributed by atoms with Crippen molar-refractivity contribution < 1.29 is 14.6 Å². The van der Waals surface area contributed by atoms with Gasteiger partial charge in [-0.3, -0.25) is 0 Å². The summed E-state index contributed by atoms with van der Waals surface area (Å²) < 4.78 is 5.71. The molecule has 0 spiro atoms. The van der Waals surface area contributed by atoms with Crippen LogP contribution in [0.5, 0.6) is 5.75 Å². The summed E-state index contributed by atoms with van der Waals surface area (Å²) in [4.78, 5) is 12.2. The number of rotatable bonds is 3. The molecule has 0 radical (unpaired) electrons. The lowest BCUT2D eigenvalue weighted by Crippen LogP contribution is -2.42. The average molecular weight is 302 g/mol. The Morgan fingerprint density at radius 2 is 2.14 bits per heavy atom. The molecule has 0 aromatic heterocycles. The Balaban J connectivity index is 1.61. The molecule has 5 heteroatoms. The van der Waals surface area contributed by atoms with E-state index in [1.807, 2.05) is 36.4 Å². The fourth-order valence-electron chi connectivity index (χ4n) is 3.06. The molecular formula is C17H22N2O3. The van der Waals surface area contributed by atoms with Crippen molar-refractivity contribution in [3.05, 3.63) is 42.0 Å². The zero-order chi connectivity index (χ0) is 15.4. The van der Waals surface area contributed by atoms with Gasteiger partial charge in [-0.1, -0.05) is 30.4 Å². The number of ether oxygens (including phenoxy) is 1. The molecule has 3 N–H and O–H groups in total. The van der Waals surface area contributed by atoms with E-state index in [4.69, 9.17) is 9.84 Å². The predicted octanol–water partition coefficient (Wildman–Crippen LogP) is 2.14. The first-order valence-corrected chi connectivity index (χ1v) is 7.84. The van der Waals surface area contributed by atoms with Gasteiger partial charge in [0.15, 0.2) is 0 Å². The summed E-state index contributed by atoms with van der Waals surface area (Å²) in [5, 5.41) is 15.1. The number of urea groups is 1. The van der Waals surface area contributed by atoms with Crippen LogP contribution in [0.25, 0.3) is 0 Å². The normalized spacial score (nSPS) is 26.7. The number of benzene rings is 1. The molecule has 1 aromatic rings. The first-order chi connectivity index (χ1) is 10.8. The van der Waals surface area contributed by atoms with Gasteiger partial charge >= 0.3 is 6.03 Å². The van der Waals surface area contributed by atoms with Crippen LogP contribution in [0.1, 0.15) is 30.9 Å². The second-order valence-corrected chi connectivity index (χ2v) is 5.87. The Kier molecular flexibility index (Phi) is 4.63. The number of hydrogen-bond donors (Lipinski definition) is 3. The molecule has 118 valence electrons. The molecule has 3 rings (SSSR count). The highest BCUT2D eigenvalue weighted by Crippen LogP contribution is 2.31. The van der Waals surface area contributed by atoms with Gasteiger partial charge in [0, 0.05) is 24.1 Å². The Morgan fingerprint density at radius 1 is 1.27 bits per heavy atom. The Bertz CT molecular complexity index is 559. The zero-order valence-electron chi connectivity index (χ0n) is 12.5. The first kappa shape index (κ1) is 14.9. The molecule has 5 nitrogen and oxygen atoms in total. The van der Waals surface area contributed by atoms with E-state index >= 15 is 0 Å². The minimum absolute atomic E-state index is 0.00516. The van der Waals surface area contributed by atoms with Gasteiger partial charge in [-0.15, -0.1) is 0 Å². The van der Waals surface area contributed by atoms with Gasteiger partial charge in [-0.25, -0.2) is 4.79 Å². The minimum Gasteiger partial charge on any atom is -0.493 e. The van der Waals surface area contributed by atoms with Crippen LogP contribution in [-0.2, 0) is 0 Å². The molecule has 1 aliphatic carbocycles. The highest BCUT2D eigenvalue weighted by atomic mass is 16.5. The van der Waals surface area contributed by atoms with E-state index < -0.39 is 0 Å². The molecule has 3 atom stereocenters. The lowest BCUT2D eigenvalue weighted by molar-refractivity contribution is 0.228.